The lowest BCUT2D eigenvalue weighted by Crippen LogP contribution is -2.15. The van der Waals surface area contributed by atoms with E-state index < -0.39 is 6.80 Å². The minimum atomic E-state index is -3.41. The van der Waals surface area contributed by atoms with Crippen molar-refractivity contribution in [1.82, 2.24) is 0 Å². The number of hydrogen-bond donors (Lipinski definition) is 1. The van der Waals surface area contributed by atoms with Crippen LogP contribution in [0.4, 0.5) is 0 Å². The Hall–Kier alpha value is 0.525. The molecule has 1 heterocycles. The Labute approximate surface area is 83.1 Å². The van der Waals surface area contributed by atoms with E-state index in [4.69, 9.17) is 14.2 Å². The summed E-state index contributed by atoms with van der Waals surface area (Å²) >= 11 is 0.845. The largest absolute Gasteiger partial charge is 0.386 e. The van der Waals surface area contributed by atoms with E-state index >= 15 is 0 Å². The van der Waals surface area contributed by atoms with Gasteiger partial charge in [-0.1, -0.05) is 0 Å². The van der Waals surface area contributed by atoms with Crippen molar-refractivity contribution in [1.29, 1.82) is 0 Å². The third-order valence-electron chi connectivity index (χ3n) is 1.97. The molecule has 1 fully saturated rings. The molecule has 0 bridgehead atoms. The van der Waals surface area contributed by atoms with Gasteiger partial charge in [-0.15, -0.1) is 0 Å². The molecule has 0 aliphatic carbocycles. The van der Waals surface area contributed by atoms with Crippen molar-refractivity contribution in [2.45, 2.75) is 24.9 Å². The molecule has 0 amide bonds. The predicted molar refractivity (Wildman–Crippen MR) is 55.7 cm³/mol. The summed E-state index contributed by atoms with van der Waals surface area (Å²) in [7, 11) is 1.99. The second kappa shape index (κ2) is 4.85. The van der Waals surface area contributed by atoms with Crippen LogP contribution in [0.15, 0.2) is 0 Å². The third kappa shape index (κ3) is 4.04. The van der Waals surface area contributed by atoms with E-state index in [2.05, 4.69) is 0 Å². The maximum absolute atomic E-state index is 11.1. The highest BCUT2D eigenvalue weighted by Crippen LogP contribution is 2.54. The van der Waals surface area contributed by atoms with Crippen molar-refractivity contribution in [3.63, 3.8) is 0 Å². The molecule has 0 aromatic carbocycles. The molecule has 0 spiro atoms. The van der Waals surface area contributed by atoms with Crippen molar-refractivity contribution < 1.29 is 18.7 Å². The van der Waals surface area contributed by atoms with Gasteiger partial charge in [0.1, 0.15) is 7.85 Å². The summed E-state index contributed by atoms with van der Waals surface area (Å²) in [5.41, 5.74) is 0. The Morgan fingerprint density at radius 3 is 2.92 bits per heavy atom. The van der Waals surface area contributed by atoms with Gasteiger partial charge in [-0.3, -0.25) is 4.52 Å². The summed E-state index contributed by atoms with van der Waals surface area (Å²) in [5.74, 6) is 0. The van der Waals surface area contributed by atoms with E-state index in [1.165, 1.54) is 0 Å². The van der Waals surface area contributed by atoms with Gasteiger partial charge in [0.25, 0.3) is 0 Å². The van der Waals surface area contributed by atoms with Crippen molar-refractivity contribution in [2.75, 3.05) is 12.9 Å². The SMILES string of the molecule is B[C@H]1CC[C@@H](COP(=O)(O)SC)O1. The molecule has 0 saturated carbocycles. The van der Waals surface area contributed by atoms with Gasteiger partial charge in [-0.25, -0.2) is 4.57 Å². The molecule has 0 radical (unpaired) electrons. The van der Waals surface area contributed by atoms with Crippen LogP contribution in [0.25, 0.3) is 0 Å². The van der Waals surface area contributed by atoms with Gasteiger partial charge >= 0.3 is 6.80 Å². The molecule has 1 aliphatic heterocycles. The Balaban J connectivity index is 2.23. The van der Waals surface area contributed by atoms with Crippen molar-refractivity contribution in [3.05, 3.63) is 0 Å². The fourth-order valence-electron chi connectivity index (χ4n) is 1.24. The first-order valence-electron chi connectivity index (χ1n) is 4.22. The van der Waals surface area contributed by atoms with Crippen LogP contribution in [0.3, 0.4) is 0 Å². The summed E-state index contributed by atoms with van der Waals surface area (Å²) < 4.78 is 21.4. The van der Waals surface area contributed by atoms with Crippen LogP contribution in [0.1, 0.15) is 12.8 Å². The van der Waals surface area contributed by atoms with E-state index in [0.29, 0.717) is 0 Å². The zero-order chi connectivity index (χ0) is 9.90. The monoisotopic (exact) mass is 224 g/mol. The molecule has 1 N–H and O–H groups in total. The van der Waals surface area contributed by atoms with E-state index in [0.717, 1.165) is 24.2 Å². The first-order chi connectivity index (χ1) is 6.03. The van der Waals surface area contributed by atoms with Crippen molar-refractivity contribution in [2.24, 2.45) is 0 Å². The van der Waals surface area contributed by atoms with Crippen LogP contribution >= 0.6 is 18.2 Å². The van der Waals surface area contributed by atoms with Crippen LogP contribution < -0.4 is 0 Å². The van der Waals surface area contributed by atoms with Gasteiger partial charge in [-0.05, 0) is 30.5 Å². The lowest BCUT2D eigenvalue weighted by Gasteiger charge is -2.13. The molecule has 7 heteroatoms. The Morgan fingerprint density at radius 1 is 1.77 bits per heavy atom. The van der Waals surface area contributed by atoms with Crippen LogP contribution in [-0.2, 0) is 13.8 Å². The molecule has 1 rings (SSSR count). The summed E-state index contributed by atoms with van der Waals surface area (Å²) in [5, 5.41) is 0. The molecule has 13 heavy (non-hydrogen) atoms. The maximum atomic E-state index is 11.1. The van der Waals surface area contributed by atoms with Crippen LogP contribution in [0, 0.1) is 0 Å². The molecule has 76 valence electrons. The molecule has 1 unspecified atom stereocenters. The average molecular weight is 224 g/mol. The van der Waals surface area contributed by atoms with Gasteiger partial charge < -0.3 is 9.63 Å². The third-order valence-corrected chi connectivity index (χ3v) is 4.61. The standard InChI is InChI=1S/C6H14BO4PS/c1-13-12(8,9)10-4-5-2-3-6(7)11-5/h5-6H,2-4,7H2,1H3,(H,8,9)/t5-,6+/m0/s1. The Kier molecular flexibility index (Phi) is 4.33. The summed E-state index contributed by atoms with van der Waals surface area (Å²) in [6.07, 6.45) is 3.46. The molecule has 0 aromatic rings. The molecular weight excluding hydrogens is 210 g/mol. The van der Waals surface area contributed by atoms with Crippen LogP contribution in [0.5, 0.6) is 0 Å². The first-order valence-corrected chi connectivity index (χ1v) is 7.63. The highest BCUT2D eigenvalue weighted by Gasteiger charge is 2.25. The summed E-state index contributed by atoms with van der Waals surface area (Å²) in [6.45, 7) is -3.19. The zero-order valence-electron chi connectivity index (χ0n) is 7.80. The van der Waals surface area contributed by atoms with E-state index in [-0.39, 0.29) is 18.7 Å². The van der Waals surface area contributed by atoms with Gasteiger partial charge in [0.15, 0.2) is 0 Å². The zero-order valence-corrected chi connectivity index (χ0v) is 9.51. The molecule has 3 atom stereocenters. The molecule has 1 saturated heterocycles. The predicted octanol–water partition coefficient (Wildman–Crippen LogP) is 0.605. The second-order valence-electron chi connectivity index (χ2n) is 3.09. The van der Waals surface area contributed by atoms with Gasteiger partial charge in [0, 0.05) is 6.00 Å². The first kappa shape index (κ1) is 11.6. The Bertz CT molecular complexity index is 215. The molecular formula is C6H14BO4PS. The van der Waals surface area contributed by atoms with E-state index in [1.54, 1.807) is 6.26 Å². The minimum absolute atomic E-state index is 0.0115. The smallest absolute Gasteiger partial charge is 0.382 e. The normalized spacial score (nSPS) is 33.1. The minimum Gasteiger partial charge on any atom is -0.382 e. The average Bonchev–Trinajstić information content (AvgIpc) is 2.48. The van der Waals surface area contributed by atoms with Crippen LogP contribution in [0.2, 0.25) is 0 Å². The lowest BCUT2D eigenvalue weighted by molar-refractivity contribution is 0.0493. The lowest BCUT2D eigenvalue weighted by atomic mass is 9.97. The highest BCUT2D eigenvalue weighted by molar-refractivity contribution is 8.54. The number of rotatable bonds is 4. The fourth-order valence-corrected chi connectivity index (χ4v) is 2.20. The highest BCUT2D eigenvalue weighted by atomic mass is 32.7. The van der Waals surface area contributed by atoms with E-state index in [9.17, 15) is 4.57 Å². The second-order valence-corrected chi connectivity index (χ2v) is 7.13. The van der Waals surface area contributed by atoms with Gasteiger partial charge in [0.05, 0.1) is 12.7 Å². The quantitative estimate of drug-likeness (QED) is 0.559. The summed E-state index contributed by atoms with van der Waals surface area (Å²) in [6, 6.07) is 0.251. The van der Waals surface area contributed by atoms with Crippen molar-refractivity contribution >= 4 is 26.0 Å². The van der Waals surface area contributed by atoms with Crippen LogP contribution in [-0.4, -0.2) is 37.7 Å². The number of hydrogen-bond acceptors (Lipinski definition) is 4. The van der Waals surface area contributed by atoms with E-state index in [1.807, 2.05) is 7.85 Å². The Morgan fingerprint density at radius 2 is 2.46 bits per heavy atom. The molecule has 4 nitrogen and oxygen atoms in total. The molecule has 1 aliphatic rings. The number of ether oxygens (including phenoxy) is 1. The fraction of sp³-hybridized carbons (Fsp3) is 1.00. The topological polar surface area (TPSA) is 55.8 Å². The van der Waals surface area contributed by atoms with Crippen molar-refractivity contribution in [3.8, 4) is 0 Å². The molecule has 0 aromatic heterocycles. The van der Waals surface area contributed by atoms with Gasteiger partial charge in [-0.2, -0.15) is 0 Å². The summed E-state index contributed by atoms with van der Waals surface area (Å²) in [4.78, 5) is 9.09. The maximum Gasteiger partial charge on any atom is 0.386 e. The van der Waals surface area contributed by atoms with Gasteiger partial charge in [0.2, 0.25) is 0 Å².